The minimum atomic E-state index is 0.545. The van der Waals surface area contributed by atoms with Crippen LogP contribution in [-0.2, 0) is 0 Å². The van der Waals surface area contributed by atoms with Gasteiger partial charge in [0.05, 0.1) is 5.56 Å². The predicted molar refractivity (Wildman–Crippen MR) is 230 cm³/mol. The molecule has 5 aromatic heterocycles. The fourth-order valence-corrected chi connectivity index (χ4v) is 9.14. The van der Waals surface area contributed by atoms with Gasteiger partial charge in [0, 0.05) is 58.6 Å². The van der Waals surface area contributed by atoms with Crippen molar-refractivity contribution < 1.29 is 8.83 Å². The number of aromatic nitrogens is 5. The van der Waals surface area contributed by atoms with Gasteiger partial charge >= 0.3 is 0 Å². The number of fused-ring (bicyclic) bond motifs is 9. The Balaban J connectivity index is 1.10. The van der Waals surface area contributed by atoms with Gasteiger partial charge in [0.1, 0.15) is 28.0 Å². The Morgan fingerprint density at radius 3 is 1.74 bits per heavy atom. The maximum atomic E-state index is 6.78. The molecule has 7 aromatic carbocycles. The van der Waals surface area contributed by atoms with Crippen LogP contribution in [0.1, 0.15) is 0 Å². The van der Waals surface area contributed by atoms with Gasteiger partial charge in [-0.2, -0.15) is 0 Å². The van der Waals surface area contributed by atoms with Gasteiger partial charge < -0.3 is 8.83 Å². The summed E-state index contributed by atoms with van der Waals surface area (Å²) >= 11 is 1.78. The highest BCUT2D eigenvalue weighted by Gasteiger charge is 2.23. The van der Waals surface area contributed by atoms with Gasteiger partial charge in [0.25, 0.3) is 0 Å². The third-order valence-corrected chi connectivity index (χ3v) is 11.7. The standard InChI is InChI=1S/C49H27N5O2S/c1-3-14-28(15-4-1)42-45-43(30-18-7-9-24-36(30)55-45)51-49(50-42)35-23-11-20-32-40-33(21-12-25-37(40)56-44(32)35)47-52-46(29-16-5-2-6-17-29)53-48(54-47)34-22-13-27-39-41(34)31-19-8-10-26-38(31)57-39/h1-27H. The second kappa shape index (κ2) is 12.5. The highest BCUT2D eigenvalue weighted by molar-refractivity contribution is 7.25. The molecular weight excluding hydrogens is 723 g/mol. The van der Waals surface area contributed by atoms with Crippen LogP contribution in [0, 0.1) is 0 Å². The number of hydrogen-bond acceptors (Lipinski definition) is 8. The van der Waals surface area contributed by atoms with Crippen LogP contribution >= 0.6 is 11.3 Å². The molecule has 7 nitrogen and oxygen atoms in total. The molecule has 0 fully saturated rings. The maximum Gasteiger partial charge on any atom is 0.180 e. The zero-order valence-electron chi connectivity index (χ0n) is 30.0. The Kier molecular flexibility index (Phi) is 6.96. The SMILES string of the molecule is c1ccc(-c2nc(-c3cccc4oc5c(-c6nc(-c7ccccc7)c7oc8ccccc8c7n6)cccc5c34)nc(-c3cccc4sc5ccccc5c34)n2)cc1. The van der Waals surface area contributed by atoms with E-state index in [9.17, 15) is 0 Å². The lowest BCUT2D eigenvalue weighted by molar-refractivity contribution is 0.666. The van der Waals surface area contributed by atoms with Crippen LogP contribution in [0.15, 0.2) is 173 Å². The van der Waals surface area contributed by atoms with Crippen molar-refractivity contribution in [3.63, 3.8) is 0 Å². The lowest BCUT2D eigenvalue weighted by Crippen LogP contribution is -2.00. The molecule has 12 rings (SSSR count). The van der Waals surface area contributed by atoms with E-state index >= 15 is 0 Å². The van der Waals surface area contributed by atoms with E-state index in [2.05, 4.69) is 54.6 Å². The molecule has 0 N–H and O–H groups in total. The summed E-state index contributed by atoms with van der Waals surface area (Å²) < 4.78 is 15.6. The Morgan fingerprint density at radius 2 is 0.912 bits per heavy atom. The summed E-state index contributed by atoms with van der Waals surface area (Å²) in [6, 6.07) is 55.2. The quantitative estimate of drug-likeness (QED) is 0.173. The summed E-state index contributed by atoms with van der Waals surface area (Å²) in [5, 5.41) is 5.07. The van der Waals surface area contributed by atoms with Crippen molar-refractivity contribution >= 4 is 75.5 Å². The minimum absolute atomic E-state index is 0.545. The van der Waals surface area contributed by atoms with Crippen LogP contribution in [0.2, 0.25) is 0 Å². The third kappa shape index (κ3) is 5.01. The van der Waals surface area contributed by atoms with Crippen LogP contribution in [0.25, 0.3) is 121 Å². The zero-order chi connectivity index (χ0) is 37.5. The molecule has 0 unspecified atom stereocenters. The van der Waals surface area contributed by atoms with Gasteiger partial charge in [-0.15, -0.1) is 11.3 Å². The van der Waals surface area contributed by atoms with Crippen LogP contribution < -0.4 is 0 Å². The molecule has 57 heavy (non-hydrogen) atoms. The largest absolute Gasteiger partial charge is 0.455 e. The van der Waals surface area contributed by atoms with Crippen molar-refractivity contribution in [1.29, 1.82) is 0 Å². The highest BCUT2D eigenvalue weighted by atomic mass is 32.1. The Morgan fingerprint density at radius 1 is 0.351 bits per heavy atom. The first kappa shape index (κ1) is 31.8. The van der Waals surface area contributed by atoms with Gasteiger partial charge in [0.15, 0.2) is 28.9 Å². The molecule has 0 spiro atoms. The number of nitrogens with zero attached hydrogens (tertiary/aromatic N) is 5. The summed E-state index contributed by atoms with van der Waals surface area (Å²) in [5.41, 5.74) is 8.70. The lowest BCUT2D eigenvalue weighted by atomic mass is 10.0. The van der Waals surface area contributed by atoms with E-state index in [1.54, 1.807) is 11.3 Å². The third-order valence-electron chi connectivity index (χ3n) is 10.6. The maximum absolute atomic E-state index is 6.78. The van der Waals surface area contributed by atoms with Gasteiger partial charge in [-0.25, -0.2) is 24.9 Å². The number of rotatable bonds is 5. The summed E-state index contributed by atoms with van der Waals surface area (Å²) in [7, 11) is 0. The molecule has 266 valence electrons. The number of thiophene rings is 1. The molecule has 12 aromatic rings. The molecule has 0 radical (unpaired) electrons. The van der Waals surface area contributed by atoms with E-state index in [1.807, 2.05) is 109 Å². The fraction of sp³-hybridized carbons (Fsp3) is 0. The van der Waals surface area contributed by atoms with E-state index in [-0.39, 0.29) is 0 Å². The molecule has 0 saturated heterocycles. The lowest BCUT2D eigenvalue weighted by Gasteiger charge is -2.10. The molecule has 0 atom stereocenters. The molecule has 0 aliphatic carbocycles. The van der Waals surface area contributed by atoms with E-state index in [4.69, 9.17) is 33.8 Å². The average Bonchev–Trinajstić information content (AvgIpc) is 3.98. The summed E-state index contributed by atoms with van der Waals surface area (Å²) in [4.78, 5) is 25.9. The first-order valence-electron chi connectivity index (χ1n) is 18.7. The molecule has 0 saturated carbocycles. The van der Waals surface area contributed by atoms with Gasteiger partial charge in [-0.1, -0.05) is 127 Å². The normalized spacial score (nSPS) is 11.9. The topological polar surface area (TPSA) is 90.7 Å². The Hall–Kier alpha value is -7.55. The van der Waals surface area contributed by atoms with Crippen LogP contribution in [-0.4, -0.2) is 24.9 Å². The minimum Gasteiger partial charge on any atom is -0.455 e. The Labute approximate surface area is 328 Å². The van der Waals surface area contributed by atoms with Gasteiger partial charge in [-0.3, -0.25) is 0 Å². The molecule has 5 heterocycles. The zero-order valence-corrected chi connectivity index (χ0v) is 30.9. The number of para-hydroxylation sites is 2. The first-order valence-corrected chi connectivity index (χ1v) is 19.5. The predicted octanol–water partition coefficient (Wildman–Crippen LogP) is 13.2. The van der Waals surface area contributed by atoms with E-state index in [0.29, 0.717) is 40.0 Å². The number of hydrogen-bond donors (Lipinski definition) is 0. The van der Waals surface area contributed by atoms with Crippen molar-refractivity contribution in [2.24, 2.45) is 0 Å². The average molecular weight is 750 g/mol. The molecule has 0 bridgehead atoms. The number of furan rings is 2. The van der Waals surface area contributed by atoms with Crippen LogP contribution in [0.3, 0.4) is 0 Å². The van der Waals surface area contributed by atoms with Crippen molar-refractivity contribution in [3.8, 4) is 56.8 Å². The molecule has 0 aliphatic rings. The smallest absolute Gasteiger partial charge is 0.180 e. The second-order valence-corrected chi connectivity index (χ2v) is 15.0. The summed E-state index contributed by atoms with van der Waals surface area (Å²) in [6.07, 6.45) is 0. The number of benzene rings is 7. The molecule has 0 aliphatic heterocycles. The Bertz CT molecular complexity index is 3540. The van der Waals surface area contributed by atoms with Crippen molar-refractivity contribution in [2.45, 2.75) is 0 Å². The van der Waals surface area contributed by atoms with Crippen LogP contribution in [0.5, 0.6) is 0 Å². The second-order valence-electron chi connectivity index (χ2n) is 14.0. The molecular formula is C49H27N5O2S. The summed E-state index contributed by atoms with van der Waals surface area (Å²) in [6.45, 7) is 0. The van der Waals surface area contributed by atoms with E-state index in [1.165, 1.54) is 14.8 Å². The van der Waals surface area contributed by atoms with Crippen molar-refractivity contribution in [2.75, 3.05) is 0 Å². The van der Waals surface area contributed by atoms with Crippen LogP contribution in [0.4, 0.5) is 0 Å². The fourth-order valence-electron chi connectivity index (χ4n) is 8.01. The molecule has 0 amide bonds. The van der Waals surface area contributed by atoms with E-state index in [0.717, 1.165) is 66.2 Å². The highest BCUT2D eigenvalue weighted by Crippen LogP contribution is 2.43. The van der Waals surface area contributed by atoms with E-state index < -0.39 is 0 Å². The van der Waals surface area contributed by atoms with Gasteiger partial charge in [0.2, 0.25) is 0 Å². The monoisotopic (exact) mass is 749 g/mol. The summed E-state index contributed by atoms with van der Waals surface area (Å²) in [5.74, 6) is 2.31. The first-order chi connectivity index (χ1) is 28.2. The van der Waals surface area contributed by atoms with Gasteiger partial charge in [-0.05, 0) is 36.4 Å². The van der Waals surface area contributed by atoms with Crippen molar-refractivity contribution in [3.05, 3.63) is 164 Å². The van der Waals surface area contributed by atoms with Crippen molar-refractivity contribution in [1.82, 2.24) is 24.9 Å². The molecule has 8 heteroatoms.